The Bertz CT molecular complexity index is 1090. The van der Waals surface area contributed by atoms with Gasteiger partial charge in [0.25, 0.3) is 0 Å². The van der Waals surface area contributed by atoms with Gasteiger partial charge in [-0.05, 0) is 30.3 Å². The third-order valence-electron chi connectivity index (χ3n) is 4.10. The SMILES string of the molecule is O=C(CCc1nc2ccc(F)cc2[nH]1)NCCc1nc(-c2ccccn2)no1. The van der Waals surface area contributed by atoms with Gasteiger partial charge in [-0.25, -0.2) is 9.37 Å². The average Bonchev–Trinajstić information content (AvgIpc) is 3.33. The lowest BCUT2D eigenvalue weighted by Crippen LogP contribution is -2.26. The Morgan fingerprint density at radius 3 is 2.96 bits per heavy atom. The van der Waals surface area contributed by atoms with Crippen LogP contribution in [-0.2, 0) is 17.6 Å². The van der Waals surface area contributed by atoms with Gasteiger partial charge >= 0.3 is 0 Å². The summed E-state index contributed by atoms with van der Waals surface area (Å²) in [5.74, 6) is 1.06. The summed E-state index contributed by atoms with van der Waals surface area (Å²) in [5.41, 5.74) is 1.93. The molecule has 28 heavy (non-hydrogen) atoms. The van der Waals surface area contributed by atoms with Crippen molar-refractivity contribution in [1.29, 1.82) is 0 Å². The minimum Gasteiger partial charge on any atom is -0.356 e. The molecule has 0 bridgehead atoms. The summed E-state index contributed by atoms with van der Waals surface area (Å²) in [6.07, 6.45) is 2.79. The number of carbonyl (C=O) groups is 1. The number of pyridine rings is 1. The van der Waals surface area contributed by atoms with Gasteiger partial charge < -0.3 is 14.8 Å². The largest absolute Gasteiger partial charge is 0.356 e. The van der Waals surface area contributed by atoms with Crippen molar-refractivity contribution in [3.05, 3.63) is 60.1 Å². The fourth-order valence-corrected chi connectivity index (χ4v) is 2.74. The van der Waals surface area contributed by atoms with Crippen LogP contribution < -0.4 is 5.32 Å². The van der Waals surface area contributed by atoms with Gasteiger partial charge in [-0.2, -0.15) is 4.98 Å². The van der Waals surface area contributed by atoms with E-state index in [1.807, 2.05) is 12.1 Å². The first-order chi connectivity index (χ1) is 13.7. The van der Waals surface area contributed by atoms with Crippen LogP contribution in [0.2, 0.25) is 0 Å². The smallest absolute Gasteiger partial charge is 0.228 e. The zero-order valence-corrected chi connectivity index (χ0v) is 14.9. The predicted molar refractivity (Wildman–Crippen MR) is 98.6 cm³/mol. The average molecular weight is 380 g/mol. The highest BCUT2D eigenvalue weighted by atomic mass is 19.1. The van der Waals surface area contributed by atoms with Crippen molar-refractivity contribution >= 4 is 16.9 Å². The van der Waals surface area contributed by atoms with Crippen molar-refractivity contribution in [2.24, 2.45) is 0 Å². The van der Waals surface area contributed by atoms with Crippen molar-refractivity contribution < 1.29 is 13.7 Å². The van der Waals surface area contributed by atoms with Crippen molar-refractivity contribution in [2.45, 2.75) is 19.3 Å². The first kappa shape index (κ1) is 17.8. The summed E-state index contributed by atoms with van der Waals surface area (Å²) >= 11 is 0. The minimum atomic E-state index is -0.326. The van der Waals surface area contributed by atoms with Crippen molar-refractivity contribution in [3.8, 4) is 11.5 Å². The molecule has 3 heterocycles. The van der Waals surface area contributed by atoms with Gasteiger partial charge in [0.15, 0.2) is 0 Å². The van der Waals surface area contributed by atoms with Crippen LogP contribution in [0.1, 0.15) is 18.1 Å². The van der Waals surface area contributed by atoms with Crippen molar-refractivity contribution in [1.82, 2.24) is 30.4 Å². The van der Waals surface area contributed by atoms with E-state index in [9.17, 15) is 9.18 Å². The van der Waals surface area contributed by atoms with Gasteiger partial charge in [-0.15, -0.1) is 0 Å². The fraction of sp³-hybridized carbons (Fsp3) is 0.211. The molecule has 8 nitrogen and oxygen atoms in total. The van der Waals surface area contributed by atoms with Crippen molar-refractivity contribution in [2.75, 3.05) is 6.54 Å². The second-order valence-corrected chi connectivity index (χ2v) is 6.17. The number of benzene rings is 1. The molecule has 0 aliphatic heterocycles. The van der Waals surface area contributed by atoms with Crippen LogP contribution in [-0.4, -0.2) is 37.5 Å². The molecule has 0 aliphatic carbocycles. The summed E-state index contributed by atoms with van der Waals surface area (Å²) in [6.45, 7) is 0.383. The molecular formula is C19H17FN6O2. The zero-order chi connectivity index (χ0) is 19.3. The number of imidazole rings is 1. The first-order valence-electron chi connectivity index (χ1n) is 8.82. The quantitative estimate of drug-likeness (QED) is 0.510. The number of amides is 1. The molecule has 1 amide bonds. The summed E-state index contributed by atoms with van der Waals surface area (Å²) < 4.78 is 18.4. The Morgan fingerprint density at radius 2 is 2.11 bits per heavy atom. The summed E-state index contributed by atoms with van der Waals surface area (Å²) in [7, 11) is 0. The van der Waals surface area contributed by atoms with Gasteiger partial charge in [0, 0.05) is 32.0 Å². The maximum Gasteiger partial charge on any atom is 0.228 e. The van der Waals surface area contributed by atoms with E-state index in [2.05, 4.69) is 30.4 Å². The maximum atomic E-state index is 13.2. The van der Waals surface area contributed by atoms with E-state index in [-0.39, 0.29) is 18.1 Å². The number of aromatic nitrogens is 5. The minimum absolute atomic E-state index is 0.115. The van der Waals surface area contributed by atoms with E-state index in [0.717, 1.165) is 0 Å². The van der Waals surface area contributed by atoms with Gasteiger partial charge in [0.2, 0.25) is 17.6 Å². The second-order valence-electron chi connectivity index (χ2n) is 6.17. The second kappa shape index (κ2) is 7.95. The molecule has 0 radical (unpaired) electrons. The Kier molecular flexibility index (Phi) is 5.05. The van der Waals surface area contributed by atoms with Crippen LogP contribution in [0, 0.1) is 5.82 Å². The number of nitrogens with one attached hydrogen (secondary N) is 2. The predicted octanol–water partition coefficient (Wildman–Crippen LogP) is 2.44. The molecule has 0 fully saturated rings. The number of nitrogens with zero attached hydrogens (tertiary/aromatic N) is 4. The maximum absolute atomic E-state index is 13.2. The third-order valence-corrected chi connectivity index (χ3v) is 4.10. The molecule has 0 aliphatic rings. The topological polar surface area (TPSA) is 110 Å². The molecule has 0 saturated carbocycles. The number of hydrogen-bond acceptors (Lipinski definition) is 6. The van der Waals surface area contributed by atoms with E-state index in [1.165, 1.54) is 12.1 Å². The van der Waals surface area contributed by atoms with E-state index in [4.69, 9.17) is 4.52 Å². The highest BCUT2D eigenvalue weighted by Gasteiger charge is 2.10. The number of rotatable bonds is 7. The lowest BCUT2D eigenvalue weighted by molar-refractivity contribution is -0.121. The number of hydrogen-bond donors (Lipinski definition) is 2. The molecule has 4 rings (SSSR count). The number of halogens is 1. The lowest BCUT2D eigenvalue weighted by atomic mass is 10.3. The molecular weight excluding hydrogens is 363 g/mol. The molecule has 4 aromatic rings. The van der Waals surface area contributed by atoms with Crippen LogP contribution >= 0.6 is 0 Å². The van der Waals surface area contributed by atoms with Crippen LogP contribution in [0.3, 0.4) is 0 Å². The zero-order valence-electron chi connectivity index (χ0n) is 14.9. The highest BCUT2D eigenvalue weighted by molar-refractivity contribution is 5.77. The Balaban J connectivity index is 1.24. The molecule has 9 heteroatoms. The van der Waals surface area contributed by atoms with Crippen LogP contribution in [0.4, 0.5) is 4.39 Å². The molecule has 0 spiro atoms. The fourth-order valence-electron chi connectivity index (χ4n) is 2.74. The number of aromatic amines is 1. The molecule has 0 saturated heterocycles. The normalized spacial score (nSPS) is 11.0. The third kappa shape index (κ3) is 4.20. The standard InChI is InChI=1S/C19H17FN6O2/c20-12-4-5-13-15(11-12)24-16(23-13)6-7-17(27)22-10-8-18-25-19(26-28-18)14-3-1-2-9-21-14/h1-5,9,11H,6-8,10H2,(H,22,27)(H,23,24). The van der Waals surface area contributed by atoms with E-state index < -0.39 is 0 Å². The molecule has 0 atom stereocenters. The number of aryl methyl sites for hydroxylation is 1. The van der Waals surface area contributed by atoms with E-state index in [0.29, 0.717) is 53.7 Å². The van der Waals surface area contributed by atoms with Gasteiger partial charge in [0.1, 0.15) is 17.3 Å². The van der Waals surface area contributed by atoms with Crippen LogP contribution in [0.5, 0.6) is 0 Å². The van der Waals surface area contributed by atoms with Crippen LogP contribution in [0.15, 0.2) is 47.1 Å². The summed E-state index contributed by atoms with van der Waals surface area (Å²) in [4.78, 5) is 27.8. The van der Waals surface area contributed by atoms with E-state index >= 15 is 0 Å². The number of H-pyrrole nitrogens is 1. The Morgan fingerprint density at radius 1 is 1.18 bits per heavy atom. The molecule has 3 aromatic heterocycles. The summed E-state index contributed by atoms with van der Waals surface area (Å²) in [5, 5.41) is 6.70. The first-order valence-corrected chi connectivity index (χ1v) is 8.82. The van der Waals surface area contributed by atoms with E-state index in [1.54, 1.807) is 18.3 Å². The Hall–Kier alpha value is -3.62. The molecule has 2 N–H and O–H groups in total. The van der Waals surface area contributed by atoms with Gasteiger partial charge in [-0.1, -0.05) is 11.2 Å². The number of carbonyl (C=O) groups excluding carboxylic acids is 1. The van der Waals surface area contributed by atoms with Gasteiger partial charge in [0.05, 0.1) is 11.0 Å². The monoisotopic (exact) mass is 380 g/mol. The van der Waals surface area contributed by atoms with Crippen molar-refractivity contribution in [3.63, 3.8) is 0 Å². The molecule has 0 unspecified atom stereocenters. The summed E-state index contributed by atoms with van der Waals surface area (Å²) in [6, 6.07) is 9.80. The Labute approximate surface area is 159 Å². The van der Waals surface area contributed by atoms with Gasteiger partial charge in [-0.3, -0.25) is 9.78 Å². The number of fused-ring (bicyclic) bond motifs is 1. The molecule has 142 valence electrons. The lowest BCUT2D eigenvalue weighted by Gasteiger charge is -2.02. The highest BCUT2D eigenvalue weighted by Crippen LogP contribution is 2.14. The van der Waals surface area contributed by atoms with Crippen LogP contribution in [0.25, 0.3) is 22.6 Å². The molecule has 1 aromatic carbocycles.